The van der Waals surface area contributed by atoms with Gasteiger partial charge in [-0.05, 0) is 50.6 Å². The fraction of sp³-hybridized carbons (Fsp3) is 0.286. The van der Waals surface area contributed by atoms with Gasteiger partial charge in [0.05, 0.1) is 22.2 Å². The van der Waals surface area contributed by atoms with Gasteiger partial charge in [0.1, 0.15) is 12.3 Å². The van der Waals surface area contributed by atoms with E-state index in [1.54, 1.807) is 4.90 Å². The zero-order chi connectivity index (χ0) is 19.9. The van der Waals surface area contributed by atoms with Gasteiger partial charge in [-0.15, -0.1) is 0 Å². The van der Waals surface area contributed by atoms with Gasteiger partial charge in [-0.1, -0.05) is 29.5 Å². The molecule has 0 saturated heterocycles. The number of carbonyl (C=O) groups excluding carboxylic acids is 2. The highest BCUT2D eigenvalue weighted by Gasteiger charge is 2.44. The minimum Gasteiger partial charge on any atom is -0.494 e. The molecule has 0 bridgehead atoms. The maximum Gasteiger partial charge on any atom is 0.246 e. The Balaban J connectivity index is 1.52. The number of amides is 2. The third-order valence-corrected chi connectivity index (χ3v) is 5.80. The van der Waals surface area contributed by atoms with E-state index in [4.69, 9.17) is 4.74 Å². The molecule has 144 valence electrons. The minimum absolute atomic E-state index is 0.0423. The summed E-state index contributed by atoms with van der Waals surface area (Å²) in [5.74, 6) is 0.428. The molecule has 7 heteroatoms. The van der Waals surface area contributed by atoms with Gasteiger partial charge in [-0.25, -0.2) is 4.98 Å². The number of hydrogen-bond donors (Lipinski definition) is 1. The minimum atomic E-state index is -0.636. The lowest BCUT2D eigenvalue weighted by Gasteiger charge is -2.19. The van der Waals surface area contributed by atoms with E-state index in [0.717, 1.165) is 27.2 Å². The predicted molar refractivity (Wildman–Crippen MR) is 111 cm³/mol. The van der Waals surface area contributed by atoms with Crippen molar-refractivity contribution in [3.63, 3.8) is 0 Å². The Morgan fingerprint density at radius 1 is 1.25 bits per heavy atom. The molecule has 28 heavy (non-hydrogen) atoms. The zero-order valence-electron chi connectivity index (χ0n) is 16.0. The van der Waals surface area contributed by atoms with Crippen LogP contribution < -0.4 is 15.0 Å². The summed E-state index contributed by atoms with van der Waals surface area (Å²) in [5.41, 5.74) is 1.89. The lowest BCUT2D eigenvalue weighted by atomic mass is 9.86. The van der Waals surface area contributed by atoms with Crippen molar-refractivity contribution in [2.24, 2.45) is 0 Å². The molecule has 4 rings (SSSR count). The van der Waals surface area contributed by atoms with Crippen molar-refractivity contribution >= 4 is 44.2 Å². The molecule has 1 aliphatic heterocycles. The lowest BCUT2D eigenvalue weighted by Crippen LogP contribution is -2.40. The highest BCUT2D eigenvalue weighted by atomic mass is 32.1. The number of hydrogen-bond acceptors (Lipinski definition) is 5. The fourth-order valence-corrected chi connectivity index (χ4v) is 4.38. The van der Waals surface area contributed by atoms with Gasteiger partial charge >= 0.3 is 0 Å². The molecule has 0 unspecified atom stereocenters. The average Bonchev–Trinajstić information content (AvgIpc) is 3.14. The average molecular weight is 395 g/mol. The molecule has 0 atom stereocenters. The van der Waals surface area contributed by atoms with E-state index in [-0.39, 0.29) is 18.4 Å². The van der Waals surface area contributed by atoms with Crippen LogP contribution >= 0.6 is 11.3 Å². The molecule has 1 aliphatic rings. The first-order chi connectivity index (χ1) is 13.4. The fourth-order valence-electron chi connectivity index (χ4n) is 3.47. The largest absolute Gasteiger partial charge is 0.494 e. The molecule has 2 amide bonds. The summed E-state index contributed by atoms with van der Waals surface area (Å²) in [7, 11) is 0. The van der Waals surface area contributed by atoms with Crippen molar-refractivity contribution in [3.8, 4) is 5.75 Å². The van der Waals surface area contributed by atoms with E-state index in [1.165, 1.54) is 11.3 Å². The molecule has 1 aromatic heterocycles. The molecular formula is C21H21N3O3S. The Hall–Kier alpha value is -2.93. The second-order valence-corrected chi connectivity index (χ2v) is 8.19. The number of para-hydroxylation sites is 1. The summed E-state index contributed by atoms with van der Waals surface area (Å²) in [4.78, 5) is 31.4. The van der Waals surface area contributed by atoms with Gasteiger partial charge in [0, 0.05) is 5.69 Å². The van der Waals surface area contributed by atoms with Crippen molar-refractivity contribution in [1.29, 1.82) is 0 Å². The van der Waals surface area contributed by atoms with E-state index < -0.39 is 5.41 Å². The molecule has 3 aromatic rings. The van der Waals surface area contributed by atoms with E-state index in [1.807, 2.05) is 63.2 Å². The highest BCUT2D eigenvalue weighted by molar-refractivity contribution is 7.22. The van der Waals surface area contributed by atoms with Crippen molar-refractivity contribution in [1.82, 2.24) is 4.98 Å². The number of benzene rings is 2. The van der Waals surface area contributed by atoms with Crippen LogP contribution in [-0.4, -0.2) is 29.9 Å². The second-order valence-electron chi connectivity index (χ2n) is 7.16. The number of rotatable bonds is 5. The third kappa shape index (κ3) is 3.11. The van der Waals surface area contributed by atoms with Crippen molar-refractivity contribution in [3.05, 3.63) is 48.0 Å². The van der Waals surface area contributed by atoms with Crippen LogP contribution in [-0.2, 0) is 15.0 Å². The Kier molecular flexibility index (Phi) is 4.55. The number of fused-ring (bicyclic) bond motifs is 2. The number of nitrogens with one attached hydrogen (secondary N) is 1. The molecule has 2 aromatic carbocycles. The molecule has 0 aliphatic carbocycles. The van der Waals surface area contributed by atoms with Gasteiger partial charge in [0.2, 0.25) is 11.8 Å². The van der Waals surface area contributed by atoms with E-state index in [2.05, 4.69) is 10.3 Å². The maximum absolute atomic E-state index is 12.8. The first-order valence-corrected chi connectivity index (χ1v) is 9.96. The smallest absolute Gasteiger partial charge is 0.246 e. The summed E-state index contributed by atoms with van der Waals surface area (Å²) in [5, 5.41) is 3.33. The molecule has 0 saturated carbocycles. The predicted octanol–water partition coefficient (Wildman–Crippen LogP) is 3.96. The summed E-state index contributed by atoms with van der Waals surface area (Å²) in [6.07, 6.45) is 0. The normalized spacial score (nSPS) is 15.0. The van der Waals surface area contributed by atoms with Crippen LogP contribution in [0.5, 0.6) is 5.75 Å². The summed E-state index contributed by atoms with van der Waals surface area (Å²) < 4.78 is 6.44. The Bertz CT molecular complexity index is 1070. The van der Waals surface area contributed by atoms with Gasteiger partial charge in [0.15, 0.2) is 5.13 Å². The third-order valence-electron chi connectivity index (χ3n) is 4.87. The van der Waals surface area contributed by atoms with Crippen LogP contribution in [0.3, 0.4) is 0 Å². The van der Waals surface area contributed by atoms with Crippen LogP contribution in [0.15, 0.2) is 42.5 Å². The lowest BCUT2D eigenvalue weighted by molar-refractivity contribution is -0.124. The van der Waals surface area contributed by atoms with Crippen LogP contribution in [0.4, 0.5) is 10.8 Å². The highest BCUT2D eigenvalue weighted by Crippen LogP contribution is 2.41. The number of anilines is 2. The van der Waals surface area contributed by atoms with Crippen molar-refractivity contribution < 1.29 is 14.3 Å². The maximum atomic E-state index is 12.8. The molecule has 6 nitrogen and oxygen atoms in total. The van der Waals surface area contributed by atoms with Crippen LogP contribution in [0, 0.1) is 0 Å². The number of carbonyl (C=O) groups is 2. The molecule has 0 radical (unpaired) electrons. The van der Waals surface area contributed by atoms with Gasteiger partial charge < -0.3 is 15.0 Å². The summed E-state index contributed by atoms with van der Waals surface area (Å²) in [6, 6.07) is 13.2. The first kappa shape index (κ1) is 18.4. The topological polar surface area (TPSA) is 71.5 Å². The van der Waals surface area contributed by atoms with Gasteiger partial charge in [-0.2, -0.15) is 0 Å². The summed E-state index contributed by atoms with van der Waals surface area (Å²) in [6.45, 7) is 6.25. The van der Waals surface area contributed by atoms with E-state index in [9.17, 15) is 9.59 Å². The Morgan fingerprint density at radius 2 is 2.04 bits per heavy atom. The quantitative estimate of drug-likeness (QED) is 0.710. The number of ether oxygens (including phenoxy) is 1. The van der Waals surface area contributed by atoms with Crippen LogP contribution in [0.25, 0.3) is 10.2 Å². The standard InChI is InChI=1S/C21H21N3O3S/c1-4-27-13-9-10-15-17(11-13)28-20(22-15)23-18(25)12-24-16-8-6-5-7-14(16)21(2,3)19(24)26/h5-11H,4,12H2,1-3H3,(H,22,23,25). The molecule has 0 fully saturated rings. The number of thiazole rings is 1. The number of nitrogens with zero attached hydrogens (tertiary/aromatic N) is 2. The van der Waals surface area contributed by atoms with E-state index in [0.29, 0.717) is 11.7 Å². The molecule has 2 heterocycles. The SMILES string of the molecule is CCOc1ccc2nc(NC(=O)CN3C(=O)C(C)(C)c4ccccc43)sc2c1. The molecule has 1 N–H and O–H groups in total. The molecule has 0 spiro atoms. The van der Waals surface area contributed by atoms with E-state index >= 15 is 0 Å². The molecular weight excluding hydrogens is 374 g/mol. The second kappa shape index (κ2) is 6.91. The Labute approximate surface area is 167 Å². The number of aromatic nitrogens is 1. The zero-order valence-corrected chi connectivity index (χ0v) is 16.8. The Morgan fingerprint density at radius 3 is 2.82 bits per heavy atom. The summed E-state index contributed by atoms with van der Waals surface area (Å²) >= 11 is 1.38. The first-order valence-electron chi connectivity index (χ1n) is 9.15. The van der Waals surface area contributed by atoms with Crippen molar-refractivity contribution in [2.45, 2.75) is 26.2 Å². The van der Waals surface area contributed by atoms with Crippen LogP contribution in [0.2, 0.25) is 0 Å². The monoisotopic (exact) mass is 395 g/mol. The van der Waals surface area contributed by atoms with Gasteiger partial charge in [-0.3, -0.25) is 9.59 Å². The van der Waals surface area contributed by atoms with Crippen molar-refractivity contribution in [2.75, 3.05) is 23.4 Å². The van der Waals surface area contributed by atoms with Crippen LogP contribution in [0.1, 0.15) is 26.3 Å². The van der Waals surface area contributed by atoms with Gasteiger partial charge in [0.25, 0.3) is 0 Å².